The fourth-order valence-electron chi connectivity index (χ4n) is 4.55. The van der Waals surface area contributed by atoms with E-state index >= 15 is 0 Å². The molecule has 1 unspecified atom stereocenters. The van der Waals surface area contributed by atoms with Gasteiger partial charge in [-0.05, 0) is 74.5 Å². The Morgan fingerprint density at radius 1 is 0.611 bits per heavy atom. The minimum atomic E-state index is -4.38. The summed E-state index contributed by atoms with van der Waals surface area (Å²) in [5.74, 6) is 2.05. The highest BCUT2D eigenvalue weighted by Crippen LogP contribution is 2.50. The molecule has 4 nitrogen and oxygen atoms in total. The van der Waals surface area contributed by atoms with Crippen molar-refractivity contribution in [2.24, 2.45) is 0 Å². The molecule has 2 aromatic rings. The van der Waals surface area contributed by atoms with E-state index in [4.69, 9.17) is 9.05 Å². The molecule has 0 aromatic heterocycles. The Morgan fingerprint density at radius 3 is 1.25 bits per heavy atom. The quantitative estimate of drug-likeness (QED) is 0.302. The van der Waals surface area contributed by atoms with Gasteiger partial charge < -0.3 is 4.52 Å². The van der Waals surface area contributed by atoms with Crippen LogP contribution in [0.1, 0.15) is 158 Å². The van der Waals surface area contributed by atoms with Crippen molar-refractivity contribution in [1.29, 1.82) is 0 Å². The zero-order valence-electron chi connectivity index (χ0n) is 24.6. The Morgan fingerprint density at radius 2 is 0.944 bits per heavy atom. The van der Waals surface area contributed by atoms with Crippen molar-refractivity contribution in [1.82, 2.24) is 0 Å². The third kappa shape index (κ3) is 7.46. The normalized spacial score (nSPS) is 14.1. The predicted molar refractivity (Wildman–Crippen MR) is 153 cm³/mol. The van der Waals surface area contributed by atoms with Crippen LogP contribution in [0.4, 0.5) is 0 Å². The molecular weight excluding hydrogens is 467 g/mol. The summed E-state index contributed by atoms with van der Waals surface area (Å²) in [5, 5.41) is 0. The molecule has 1 N–H and O–H groups in total. The Kier molecular flexibility index (Phi) is 10.5. The fourth-order valence-corrected chi connectivity index (χ4v) is 5.34. The Balaban J connectivity index is 2.50. The minimum Gasteiger partial charge on any atom is -0.404 e. The highest BCUT2D eigenvalue weighted by molar-refractivity contribution is 7.47. The average molecular weight is 517 g/mol. The van der Waals surface area contributed by atoms with E-state index in [1.165, 1.54) is 11.1 Å². The molecule has 0 aliphatic carbocycles. The lowest BCUT2D eigenvalue weighted by Gasteiger charge is -2.25. The largest absolute Gasteiger partial charge is 0.527 e. The van der Waals surface area contributed by atoms with Crippen molar-refractivity contribution in [3.05, 3.63) is 63.2 Å². The minimum absolute atomic E-state index is 0.0330. The molecule has 5 heteroatoms. The van der Waals surface area contributed by atoms with Crippen molar-refractivity contribution in [2.75, 3.05) is 0 Å². The van der Waals surface area contributed by atoms with Crippen molar-refractivity contribution >= 4 is 7.82 Å². The van der Waals surface area contributed by atoms with Gasteiger partial charge in [0.2, 0.25) is 0 Å². The van der Waals surface area contributed by atoms with Gasteiger partial charge in [0.05, 0.1) is 6.61 Å². The van der Waals surface area contributed by atoms with E-state index in [1.807, 2.05) is 0 Å². The van der Waals surface area contributed by atoms with Gasteiger partial charge in [0.1, 0.15) is 5.75 Å². The van der Waals surface area contributed by atoms with Gasteiger partial charge in [-0.15, -0.1) is 0 Å². The van der Waals surface area contributed by atoms with Gasteiger partial charge in [-0.3, -0.25) is 9.42 Å². The first-order valence-electron chi connectivity index (χ1n) is 13.6. The Hall–Kier alpha value is -1.61. The second-order valence-corrected chi connectivity index (χ2v) is 13.3. The Bertz CT molecular complexity index is 1020. The van der Waals surface area contributed by atoms with Gasteiger partial charge in [-0.25, -0.2) is 4.57 Å². The van der Waals surface area contributed by atoms with Gasteiger partial charge in [-0.1, -0.05) is 107 Å². The van der Waals surface area contributed by atoms with Gasteiger partial charge in [0, 0.05) is 0 Å². The molecule has 0 amide bonds. The zero-order chi connectivity index (χ0) is 27.5. The first-order chi connectivity index (χ1) is 16.6. The lowest BCUT2D eigenvalue weighted by atomic mass is 9.85. The van der Waals surface area contributed by atoms with E-state index in [0.717, 1.165) is 27.8 Å². The van der Waals surface area contributed by atoms with Crippen LogP contribution in [0.25, 0.3) is 0 Å². The van der Waals surface area contributed by atoms with Crippen LogP contribution in [0.3, 0.4) is 0 Å². The van der Waals surface area contributed by atoms with Crippen LogP contribution in [-0.2, 0) is 15.7 Å². The van der Waals surface area contributed by atoms with Gasteiger partial charge in [0.15, 0.2) is 0 Å². The molecule has 2 rings (SSSR count). The maximum absolute atomic E-state index is 13.4. The highest BCUT2D eigenvalue weighted by atomic mass is 31.2. The summed E-state index contributed by atoms with van der Waals surface area (Å²) in [6.45, 7) is 25.7. The van der Waals surface area contributed by atoms with E-state index in [1.54, 1.807) is 0 Å². The molecule has 36 heavy (non-hydrogen) atoms. The monoisotopic (exact) mass is 516 g/mol. The predicted octanol–water partition coefficient (Wildman–Crippen LogP) is 10.1. The first kappa shape index (κ1) is 30.6. The molecule has 0 aliphatic rings. The molecule has 0 saturated carbocycles. The Labute approximate surface area is 220 Å². The van der Waals surface area contributed by atoms with Crippen LogP contribution in [0.5, 0.6) is 5.75 Å². The van der Waals surface area contributed by atoms with Crippen LogP contribution in [0.15, 0.2) is 24.3 Å². The maximum Gasteiger partial charge on any atom is 0.527 e. The molecule has 0 heterocycles. The van der Waals surface area contributed by atoms with E-state index in [2.05, 4.69) is 107 Å². The standard InChI is InChI=1S/C31H49O4P/c1-18(2)24-13-26(20(5)6)30(27(14-24)21(7)8)17-34-36(32,33)35-31-28(22(9)10)15-25(19(3)4)16-29(31)23(11)12/h13-16,18-23H,17H2,1-12H3,(H,32,33). The molecule has 0 radical (unpaired) electrons. The van der Waals surface area contributed by atoms with E-state index in [9.17, 15) is 9.46 Å². The molecule has 0 bridgehead atoms. The molecule has 0 fully saturated rings. The molecule has 1 atom stereocenters. The number of rotatable bonds is 11. The molecule has 2 aromatic carbocycles. The number of phosphoric ester groups is 1. The summed E-state index contributed by atoms with van der Waals surface area (Å²) in [6, 6.07) is 8.66. The summed E-state index contributed by atoms with van der Waals surface area (Å²) in [5.41, 5.74) is 7.68. The summed E-state index contributed by atoms with van der Waals surface area (Å²) in [6.07, 6.45) is 0. The number of phosphoric acid groups is 1. The third-order valence-corrected chi connectivity index (χ3v) is 7.78. The SMILES string of the molecule is CC(C)c1cc(C(C)C)c(COP(=O)(O)Oc2c(C(C)C)cc(C(C)C)cc2C(C)C)c(C(C)C)c1. The fraction of sp³-hybridized carbons (Fsp3) is 0.613. The van der Waals surface area contributed by atoms with Crippen molar-refractivity contribution in [2.45, 2.75) is 125 Å². The smallest absolute Gasteiger partial charge is 0.404 e. The van der Waals surface area contributed by atoms with Gasteiger partial charge >= 0.3 is 7.82 Å². The average Bonchev–Trinajstić information content (AvgIpc) is 2.76. The summed E-state index contributed by atoms with van der Waals surface area (Å²) < 4.78 is 25.0. The van der Waals surface area contributed by atoms with Gasteiger partial charge in [0.25, 0.3) is 0 Å². The second-order valence-electron chi connectivity index (χ2n) is 12.0. The van der Waals surface area contributed by atoms with Gasteiger partial charge in [-0.2, -0.15) is 0 Å². The van der Waals surface area contributed by atoms with E-state index < -0.39 is 7.82 Å². The molecule has 0 spiro atoms. The van der Waals surface area contributed by atoms with Crippen LogP contribution in [-0.4, -0.2) is 4.89 Å². The molecule has 0 aliphatic heterocycles. The third-order valence-electron chi connectivity index (χ3n) is 6.91. The molecule has 202 valence electrons. The summed E-state index contributed by atoms with van der Waals surface area (Å²) in [4.78, 5) is 10.9. The molecule has 0 saturated heterocycles. The van der Waals surface area contributed by atoms with Crippen LogP contribution >= 0.6 is 7.82 Å². The van der Waals surface area contributed by atoms with Crippen molar-refractivity contribution < 1.29 is 18.5 Å². The van der Waals surface area contributed by atoms with Crippen LogP contribution in [0, 0.1) is 0 Å². The highest BCUT2D eigenvalue weighted by Gasteiger charge is 2.30. The van der Waals surface area contributed by atoms with E-state index in [0.29, 0.717) is 17.6 Å². The number of hydrogen-bond acceptors (Lipinski definition) is 3. The summed E-state index contributed by atoms with van der Waals surface area (Å²) >= 11 is 0. The van der Waals surface area contributed by atoms with Crippen LogP contribution in [0.2, 0.25) is 0 Å². The summed E-state index contributed by atoms with van der Waals surface area (Å²) in [7, 11) is -4.38. The molecular formula is C31H49O4P. The lowest BCUT2D eigenvalue weighted by Crippen LogP contribution is -2.10. The maximum atomic E-state index is 13.4. The van der Waals surface area contributed by atoms with E-state index in [-0.39, 0.29) is 30.3 Å². The second kappa shape index (κ2) is 12.3. The topological polar surface area (TPSA) is 55.8 Å². The van der Waals surface area contributed by atoms with Crippen molar-refractivity contribution in [3.8, 4) is 5.75 Å². The lowest BCUT2D eigenvalue weighted by molar-refractivity contribution is 0.193. The number of benzene rings is 2. The number of hydrogen-bond donors (Lipinski definition) is 1. The zero-order valence-corrected chi connectivity index (χ0v) is 25.5. The first-order valence-corrected chi connectivity index (χ1v) is 15.1. The van der Waals surface area contributed by atoms with Crippen molar-refractivity contribution in [3.63, 3.8) is 0 Å². The van der Waals surface area contributed by atoms with Crippen LogP contribution < -0.4 is 4.52 Å².